The lowest BCUT2D eigenvalue weighted by atomic mass is 10.1. The molecular formula is C15H14ClNO3. The van der Waals surface area contributed by atoms with Crippen LogP contribution < -0.4 is 4.74 Å². The van der Waals surface area contributed by atoms with Crippen molar-refractivity contribution in [2.45, 2.75) is 19.8 Å². The lowest BCUT2D eigenvalue weighted by molar-refractivity contribution is 0.0690. The van der Waals surface area contributed by atoms with Crippen molar-refractivity contribution in [1.82, 2.24) is 4.98 Å². The minimum absolute atomic E-state index is 0.0862. The molecule has 2 aromatic rings. The van der Waals surface area contributed by atoms with Crippen LogP contribution in [0.25, 0.3) is 0 Å². The van der Waals surface area contributed by atoms with Crippen LogP contribution in [0.3, 0.4) is 0 Å². The Labute approximate surface area is 122 Å². The Hall–Kier alpha value is -2.07. The van der Waals surface area contributed by atoms with Crippen molar-refractivity contribution in [3.63, 3.8) is 0 Å². The molecule has 104 valence electrons. The molecule has 2 rings (SSSR count). The molecule has 1 heterocycles. The quantitative estimate of drug-likeness (QED) is 0.898. The Morgan fingerprint density at radius 1 is 1.25 bits per heavy atom. The van der Waals surface area contributed by atoms with E-state index in [0.29, 0.717) is 5.75 Å². The summed E-state index contributed by atoms with van der Waals surface area (Å²) in [7, 11) is 0. The van der Waals surface area contributed by atoms with Gasteiger partial charge in [-0.2, -0.15) is 0 Å². The average Bonchev–Trinajstić information content (AvgIpc) is 2.43. The number of aromatic nitrogens is 1. The molecule has 0 aliphatic heterocycles. The van der Waals surface area contributed by atoms with Gasteiger partial charge in [0, 0.05) is 6.07 Å². The normalized spacial score (nSPS) is 10.3. The number of pyridine rings is 1. The summed E-state index contributed by atoms with van der Waals surface area (Å²) in [5.74, 6) is -0.371. The van der Waals surface area contributed by atoms with Crippen LogP contribution in [0.4, 0.5) is 0 Å². The number of aromatic carboxylic acids is 1. The number of benzene rings is 1. The van der Waals surface area contributed by atoms with Crippen molar-refractivity contribution in [3.05, 3.63) is 52.7 Å². The summed E-state index contributed by atoms with van der Waals surface area (Å²) >= 11 is 5.75. The highest BCUT2D eigenvalue weighted by molar-refractivity contribution is 6.33. The van der Waals surface area contributed by atoms with Crippen LogP contribution in [0.1, 0.15) is 29.4 Å². The Morgan fingerprint density at radius 3 is 2.55 bits per heavy atom. The second-order valence-corrected chi connectivity index (χ2v) is 4.69. The van der Waals surface area contributed by atoms with Gasteiger partial charge in [0.25, 0.3) is 0 Å². The molecule has 0 aliphatic rings. The number of nitrogens with zero attached hydrogens (tertiary/aromatic N) is 1. The minimum Gasteiger partial charge on any atom is -0.476 e. The first kappa shape index (κ1) is 14.3. The number of carboxylic acids is 1. The fourth-order valence-corrected chi connectivity index (χ4v) is 1.95. The van der Waals surface area contributed by atoms with E-state index in [4.69, 9.17) is 21.4 Å². The number of carbonyl (C=O) groups is 1. The van der Waals surface area contributed by atoms with E-state index in [1.165, 1.54) is 17.7 Å². The predicted molar refractivity (Wildman–Crippen MR) is 76.7 cm³/mol. The molecule has 1 N–H and O–H groups in total. The molecule has 1 aromatic carbocycles. The van der Waals surface area contributed by atoms with Gasteiger partial charge in [0.2, 0.25) is 5.88 Å². The van der Waals surface area contributed by atoms with Crippen LogP contribution in [0.15, 0.2) is 36.4 Å². The molecular weight excluding hydrogens is 278 g/mol. The number of aryl methyl sites for hydroxylation is 1. The Bertz CT molecular complexity index is 611. The van der Waals surface area contributed by atoms with Gasteiger partial charge in [-0.15, -0.1) is 0 Å². The van der Waals surface area contributed by atoms with Crippen LogP contribution in [-0.2, 0) is 6.42 Å². The molecule has 0 bridgehead atoms. The molecule has 0 fully saturated rings. The number of rotatable bonds is 5. The van der Waals surface area contributed by atoms with Gasteiger partial charge >= 0.3 is 5.97 Å². The molecule has 0 saturated heterocycles. The second-order valence-electron chi connectivity index (χ2n) is 4.28. The van der Waals surface area contributed by atoms with Gasteiger partial charge in [-0.1, -0.05) is 37.1 Å². The standard InChI is InChI=1S/C15H14ClNO3/c1-2-3-10-4-6-11(7-5-10)20-13-9-8-12(16)14(17-13)15(18)19/h4-9H,2-3H2,1H3,(H,18,19). The highest BCUT2D eigenvalue weighted by Gasteiger charge is 2.12. The Kier molecular flexibility index (Phi) is 4.58. The van der Waals surface area contributed by atoms with Gasteiger partial charge in [-0.05, 0) is 30.2 Å². The molecule has 0 unspecified atom stereocenters. The molecule has 0 saturated carbocycles. The first-order valence-electron chi connectivity index (χ1n) is 6.26. The van der Waals surface area contributed by atoms with Gasteiger partial charge in [0.15, 0.2) is 5.69 Å². The highest BCUT2D eigenvalue weighted by atomic mass is 35.5. The van der Waals surface area contributed by atoms with Crippen LogP contribution >= 0.6 is 11.6 Å². The van der Waals surface area contributed by atoms with Crippen LogP contribution in [0, 0.1) is 0 Å². The molecule has 4 nitrogen and oxygen atoms in total. The molecule has 5 heteroatoms. The van der Waals surface area contributed by atoms with E-state index in [1.54, 1.807) is 0 Å². The van der Waals surface area contributed by atoms with E-state index < -0.39 is 5.97 Å². The van der Waals surface area contributed by atoms with Gasteiger partial charge < -0.3 is 9.84 Å². The Morgan fingerprint density at radius 2 is 1.95 bits per heavy atom. The van der Waals surface area contributed by atoms with E-state index in [9.17, 15) is 4.79 Å². The van der Waals surface area contributed by atoms with Crippen molar-refractivity contribution in [2.75, 3.05) is 0 Å². The van der Waals surface area contributed by atoms with Gasteiger partial charge in [0.1, 0.15) is 5.75 Å². The topological polar surface area (TPSA) is 59.4 Å². The second kappa shape index (κ2) is 6.39. The summed E-state index contributed by atoms with van der Waals surface area (Å²) in [6.07, 6.45) is 2.10. The lowest BCUT2D eigenvalue weighted by Gasteiger charge is -2.07. The summed E-state index contributed by atoms with van der Waals surface area (Å²) in [5, 5.41) is 9.04. The van der Waals surface area contributed by atoms with Crippen molar-refractivity contribution < 1.29 is 14.6 Å². The average molecular weight is 292 g/mol. The van der Waals surface area contributed by atoms with E-state index in [0.717, 1.165) is 12.8 Å². The largest absolute Gasteiger partial charge is 0.476 e. The first-order chi connectivity index (χ1) is 9.60. The van der Waals surface area contributed by atoms with E-state index in [-0.39, 0.29) is 16.6 Å². The third-order valence-corrected chi connectivity index (χ3v) is 3.01. The fraction of sp³-hybridized carbons (Fsp3) is 0.200. The van der Waals surface area contributed by atoms with Crippen molar-refractivity contribution in [2.24, 2.45) is 0 Å². The molecule has 0 spiro atoms. The highest BCUT2D eigenvalue weighted by Crippen LogP contribution is 2.23. The third kappa shape index (κ3) is 3.48. The number of hydrogen-bond acceptors (Lipinski definition) is 3. The summed E-state index contributed by atoms with van der Waals surface area (Å²) in [5.41, 5.74) is 1.02. The van der Waals surface area contributed by atoms with Crippen LogP contribution in [0.5, 0.6) is 11.6 Å². The number of halogens is 1. The summed E-state index contributed by atoms with van der Waals surface area (Å²) in [6.45, 7) is 2.12. The molecule has 0 aliphatic carbocycles. The van der Waals surface area contributed by atoms with E-state index >= 15 is 0 Å². The monoisotopic (exact) mass is 291 g/mol. The fourth-order valence-electron chi connectivity index (χ4n) is 1.76. The predicted octanol–water partition coefficient (Wildman–Crippen LogP) is 4.18. The van der Waals surface area contributed by atoms with E-state index in [1.807, 2.05) is 24.3 Å². The third-order valence-electron chi connectivity index (χ3n) is 2.71. The van der Waals surface area contributed by atoms with E-state index in [2.05, 4.69) is 11.9 Å². The van der Waals surface area contributed by atoms with Crippen LogP contribution in [-0.4, -0.2) is 16.1 Å². The van der Waals surface area contributed by atoms with Gasteiger partial charge in [0.05, 0.1) is 5.02 Å². The zero-order valence-electron chi connectivity index (χ0n) is 11.0. The maximum atomic E-state index is 10.9. The zero-order valence-corrected chi connectivity index (χ0v) is 11.7. The lowest BCUT2D eigenvalue weighted by Crippen LogP contribution is -2.02. The molecule has 1 aromatic heterocycles. The number of carboxylic acid groups (broad SMARTS) is 1. The Balaban J connectivity index is 2.17. The number of ether oxygens (including phenoxy) is 1. The molecule has 0 radical (unpaired) electrons. The SMILES string of the molecule is CCCc1ccc(Oc2ccc(Cl)c(C(=O)O)n2)cc1. The number of hydrogen-bond donors (Lipinski definition) is 1. The van der Waals surface area contributed by atoms with Crippen molar-refractivity contribution in [1.29, 1.82) is 0 Å². The molecule has 0 amide bonds. The van der Waals surface area contributed by atoms with Gasteiger partial charge in [-0.3, -0.25) is 0 Å². The van der Waals surface area contributed by atoms with Gasteiger partial charge in [-0.25, -0.2) is 9.78 Å². The van der Waals surface area contributed by atoms with Crippen LogP contribution in [0.2, 0.25) is 5.02 Å². The smallest absolute Gasteiger partial charge is 0.356 e. The van der Waals surface area contributed by atoms with Crippen molar-refractivity contribution >= 4 is 17.6 Å². The minimum atomic E-state index is -1.18. The molecule has 20 heavy (non-hydrogen) atoms. The zero-order chi connectivity index (χ0) is 14.5. The van der Waals surface area contributed by atoms with Crippen molar-refractivity contribution in [3.8, 4) is 11.6 Å². The summed E-state index contributed by atoms with van der Waals surface area (Å²) in [4.78, 5) is 14.8. The summed E-state index contributed by atoms with van der Waals surface area (Å²) < 4.78 is 5.52. The molecule has 0 atom stereocenters. The maximum Gasteiger partial charge on any atom is 0.356 e. The first-order valence-corrected chi connectivity index (χ1v) is 6.64. The maximum absolute atomic E-state index is 10.9. The summed E-state index contributed by atoms with van der Waals surface area (Å²) in [6, 6.07) is 10.6.